The van der Waals surface area contributed by atoms with Crippen LogP contribution in [0.4, 0.5) is 15.3 Å². The first-order valence-corrected chi connectivity index (χ1v) is 11.3. The summed E-state index contributed by atoms with van der Waals surface area (Å²) in [6, 6.07) is 10.5. The van der Waals surface area contributed by atoms with Crippen LogP contribution in [0.15, 0.2) is 47.9 Å². The summed E-state index contributed by atoms with van der Waals surface area (Å²) in [7, 11) is 1.99. The molecule has 0 bridgehead atoms. The van der Waals surface area contributed by atoms with Crippen LogP contribution in [0.3, 0.4) is 0 Å². The molecule has 1 aliphatic heterocycles. The highest BCUT2D eigenvalue weighted by Gasteiger charge is 2.21. The smallest absolute Gasteiger partial charge is 0.191 e. The number of anilines is 2. The topological polar surface area (TPSA) is 58.4 Å². The first kappa shape index (κ1) is 19.8. The number of hydrogen-bond donors (Lipinski definition) is 1. The van der Waals surface area contributed by atoms with Gasteiger partial charge >= 0.3 is 0 Å². The predicted octanol–water partition coefficient (Wildman–Crippen LogP) is 4.70. The van der Waals surface area contributed by atoms with Crippen LogP contribution in [0.25, 0.3) is 22.5 Å². The Balaban J connectivity index is 1.55. The van der Waals surface area contributed by atoms with Gasteiger partial charge in [0, 0.05) is 24.5 Å². The second kappa shape index (κ2) is 8.20. The molecule has 31 heavy (non-hydrogen) atoms. The number of benzene rings is 1. The van der Waals surface area contributed by atoms with Crippen molar-refractivity contribution < 1.29 is 4.39 Å². The minimum absolute atomic E-state index is 0.250. The van der Waals surface area contributed by atoms with Crippen molar-refractivity contribution in [3.63, 3.8) is 0 Å². The Kier molecular flexibility index (Phi) is 5.25. The molecule has 0 fully saturated rings. The fraction of sp³-hybridized carbons (Fsp3) is 0.261. The van der Waals surface area contributed by atoms with E-state index < -0.39 is 0 Å². The summed E-state index contributed by atoms with van der Waals surface area (Å²) in [6.45, 7) is 3.94. The largest absolute Gasteiger partial charge is 0.313 e. The molecule has 0 unspecified atom stereocenters. The summed E-state index contributed by atoms with van der Waals surface area (Å²) >= 11 is 1.55. The molecule has 8 heteroatoms. The number of aromatic nitrogens is 4. The van der Waals surface area contributed by atoms with E-state index in [2.05, 4.69) is 24.4 Å². The van der Waals surface area contributed by atoms with Gasteiger partial charge in [-0.1, -0.05) is 13.0 Å². The van der Waals surface area contributed by atoms with Crippen molar-refractivity contribution in [1.82, 2.24) is 24.9 Å². The lowest BCUT2D eigenvalue weighted by molar-refractivity contribution is 0.628. The van der Waals surface area contributed by atoms with Crippen molar-refractivity contribution in [3.05, 3.63) is 65.1 Å². The molecule has 0 amide bonds. The van der Waals surface area contributed by atoms with E-state index in [4.69, 9.17) is 15.1 Å². The van der Waals surface area contributed by atoms with E-state index in [1.54, 1.807) is 23.5 Å². The zero-order valence-corrected chi connectivity index (χ0v) is 18.3. The molecule has 5 rings (SSSR count). The molecule has 0 atom stereocenters. The highest BCUT2D eigenvalue weighted by molar-refractivity contribution is 7.14. The van der Waals surface area contributed by atoms with Gasteiger partial charge in [0.25, 0.3) is 0 Å². The van der Waals surface area contributed by atoms with Gasteiger partial charge in [-0.25, -0.2) is 14.4 Å². The average Bonchev–Trinajstić information content (AvgIpc) is 3.44. The van der Waals surface area contributed by atoms with Crippen LogP contribution in [0.5, 0.6) is 0 Å². The minimum Gasteiger partial charge on any atom is -0.313 e. The van der Waals surface area contributed by atoms with Crippen molar-refractivity contribution >= 4 is 33.5 Å². The molecule has 4 aromatic rings. The molecule has 0 saturated carbocycles. The summed E-state index contributed by atoms with van der Waals surface area (Å²) in [6.07, 6.45) is 3.96. The first-order chi connectivity index (χ1) is 15.1. The van der Waals surface area contributed by atoms with E-state index in [-0.39, 0.29) is 5.82 Å². The Bertz CT molecular complexity index is 1260. The number of fused-ring (bicyclic) bond motifs is 1. The normalized spacial score (nSPS) is 14.1. The minimum atomic E-state index is -0.250. The van der Waals surface area contributed by atoms with Gasteiger partial charge in [0.05, 0.1) is 17.1 Å². The van der Waals surface area contributed by atoms with Gasteiger partial charge in [-0.15, -0.1) is 11.3 Å². The number of nitrogens with zero attached hydrogens (tertiary/aromatic N) is 5. The summed E-state index contributed by atoms with van der Waals surface area (Å²) < 4.78 is 15.2. The Labute approximate surface area is 184 Å². The first-order valence-electron chi connectivity index (χ1n) is 10.4. The summed E-state index contributed by atoms with van der Waals surface area (Å²) in [5.41, 5.74) is 5.76. The Morgan fingerprint density at radius 3 is 2.71 bits per heavy atom. The van der Waals surface area contributed by atoms with Crippen molar-refractivity contribution in [1.29, 1.82) is 0 Å². The summed E-state index contributed by atoms with van der Waals surface area (Å²) in [5, 5.41) is 11.1. The molecule has 1 aromatic carbocycles. The van der Waals surface area contributed by atoms with Crippen LogP contribution in [0.2, 0.25) is 0 Å². The number of imidazole rings is 1. The second-order valence-corrected chi connectivity index (χ2v) is 8.33. The summed E-state index contributed by atoms with van der Waals surface area (Å²) in [5.74, 6) is 0.675. The fourth-order valence-corrected chi connectivity index (χ4v) is 4.63. The van der Waals surface area contributed by atoms with Crippen molar-refractivity contribution in [2.75, 3.05) is 25.0 Å². The van der Waals surface area contributed by atoms with Crippen molar-refractivity contribution in [3.8, 4) is 11.3 Å². The van der Waals surface area contributed by atoms with Crippen molar-refractivity contribution in [2.24, 2.45) is 0 Å². The number of aryl methyl sites for hydroxylation is 1. The molecule has 158 valence electrons. The number of thiazole rings is 1. The second-order valence-electron chi connectivity index (χ2n) is 7.49. The zero-order chi connectivity index (χ0) is 21.4. The molecule has 0 saturated heterocycles. The number of halogens is 1. The van der Waals surface area contributed by atoms with Crippen LogP contribution < -0.4 is 10.2 Å². The zero-order valence-electron chi connectivity index (χ0n) is 17.5. The maximum absolute atomic E-state index is 13.3. The monoisotopic (exact) mass is 434 g/mol. The van der Waals surface area contributed by atoms with Gasteiger partial charge in [0.15, 0.2) is 16.6 Å². The molecule has 4 heterocycles. The van der Waals surface area contributed by atoms with Crippen LogP contribution in [0.1, 0.15) is 24.7 Å². The van der Waals surface area contributed by atoms with E-state index in [0.717, 1.165) is 65.2 Å². The van der Waals surface area contributed by atoms with Gasteiger partial charge in [-0.2, -0.15) is 9.61 Å². The molecule has 1 aliphatic rings. The van der Waals surface area contributed by atoms with E-state index in [1.165, 1.54) is 17.7 Å². The highest BCUT2D eigenvalue weighted by Crippen LogP contribution is 2.33. The molecular weight excluding hydrogens is 411 g/mol. The third kappa shape index (κ3) is 3.73. The maximum atomic E-state index is 13.3. The number of nitrogens with one attached hydrogen (secondary N) is 1. The molecule has 0 spiro atoms. The maximum Gasteiger partial charge on any atom is 0.191 e. The Morgan fingerprint density at radius 2 is 1.97 bits per heavy atom. The van der Waals surface area contributed by atoms with E-state index in [0.29, 0.717) is 0 Å². The van der Waals surface area contributed by atoms with E-state index >= 15 is 0 Å². The number of rotatable bonds is 5. The van der Waals surface area contributed by atoms with Gasteiger partial charge in [0.2, 0.25) is 0 Å². The van der Waals surface area contributed by atoms with Gasteiger partial charge in [0.1, 0.15) is 5.82 Å². The summed E-state index contributed by atoms with van der Waals surface area (Å²) in [4.78, 5) is 11.6. The van der Waals surface area contributed by atoms with Gasteiger partial charge in [-0.05, 0) is 61.4 Å². The molecule has 6 nitrogen and oxygen atoms in total. The predicted molar refractivity (Wildman–Crippen MR) is 123 cm³/mol. The lowest BCUT2D eigenvalue weighted by Crippen LogP contribution is -2.20. The molecule has 3 aromatic heterocycles. The number of hydrogen-bond acceptors (Lipinski definition) is 6. The van der Waals surface area contributed by atoms with E-state index in [1.807, 2.05) is 27.9 Å². The molecule has 0 aliphatic carbocycles. The molecule has 1 N–H and O–H groups in total. The fourth-order valence-electron chi connectivity index (χ4n) is 3.83. The van der Waals surface area contributed by atoms with Crippen LogP contribution in [0, 0.1) is 5.82 Å². The van der Waals surface area contributed by atoms with Gasteiger partial charge in [-0.3, -0.25) is 0 Å². The van der Waals surface area contributed by atoms with Crippen molar-refractivity contribution in [2.45, 2.75) is 19.8 Å². The molecular formula is C23H23FN6S. The third-order valence-electron chi connectivity index (χ3n) is 5.49. The molecule has 0 radical (unpaired) electrons. The average molecular weight is 435 g/mol. The van der Waals surface area contributed by atoms with Crippen LogP contribution in [-0.2, 0) is 6.42 Å². The highest BCUT2D eigenvalue weighted by atomic mass is 32.1. The lowest BCUT2D eigenvalue weighted by Gasteiger charge is -2.17. The third-order valence-corrected chi connectivity index (χ3v) is 6.40. The van der Waals surface area contributed by atoms with Gasteiger partial charge < -0.3 is 10.2 Å². The van der Waals surface area contributed by atoms with Crippen LogP contribution >= 0.6 is 11.3 Å². The Hall–Kier alpha value is -3.10. The quantitative estimate of drug-likeness (QED) is 0.493. The Morgan fingerprint density at radius 1 is 1.13 bits per heavy atom. The lowest BCUT2D eigenvalue weighted by atomic mass is 10.1. The van der Waals surface area contributed by atoms with Crippen LogP contribution in [-0.4, -0.2) is 39.7 Å². The van der Waals surface area contributed by atoms with E-state index in [9.17, 15) is 4.39 Å². The SMILES string of the molecule is CCc1nc2ccc(C3=CCNCC3)nn2c1N(C)c1nc(-c2ccc(F)cc2)cs1. The standard InChI is InChI=1S/C23H23FN6S/c1-3-18-22(29(2)23-27-20(14-31-23)15-4-6-17(24)7-5-15)30-21(26-18)9-8-19(28-30)16-10-12-25-13-11-16/h4-10,14,25H,3,11-13H2,1-2H3.